The molecule has 1 aromatic heterocycles. The van der Waals surface area contributed by atoms with Gasteiger partial charge in [-0.15, -0.1) is 0 Å². The van der Waals surface area contributed by atoms with E-state index in [-0.39, 0.29) is 22.1 Å². The summed E-state index contributed by atoms with van der Waals surface area (Å²) in [5.41, 5.74) is -0.149. The van der Waals surface area contributed by atoms with Crippen LogP contribution >= 0.6 is 34.8 Å². The zero-order valence-electron chi connectivity index (χ0n) is 15.5. The highest BCUT2D eigenvalue weighted by molar-refractivity contribution is 6.43. The summed E-state index contributed by atoms with van der Waals surface area (Å²) in [6.07, 6.45) is -0.972. The number of hydrogen-bond acceptors (Lipinski definition) is 4. The number of amides is 1. The summed E-state index contributed by atoms with van der Waals surface area (Å²) in [5.74, 6) is -1.86. The molecule has 0 fully saturated rings. The Labute approximate surface area is 185 Å². The Kier molecular flexibility index (Phi) is 6.67. The summed E-state index contributed by atoms with van der Waals surface area (Å²) in [6.45, 7) is -0.0958. The van der Waals surface area contributed by atoms with Crippen LogP contribution in [0.5, 0.6) is 0 Å². The number of carboxylic acids is 1. The molecule has 1 amide bonds. The Morgan fingerprint density at radius 1 is 1.17 bits per heavy atom. The number of H-pyrrole nitrogens is 1. The molecule has 0 aliphatic carbocycles. The Morgan fingerprint density at radius 3 is 2.50 bits per heavy atom. The molecule has 0 bridgehead atoms. The number of aromatic nitrogens is 1. The van der Waals surface area contributed by atoms with E-state index in [2.05, 4.69) is 10.3 Å². The summed E-state index contributed by atoms with van der Waals surface area (Å²) < 4.78 is 5.29. The maximum absolute atomic E-state index is 12.7. The van der Waals surface area contributed by atoms with E-state index in [1.54, 1.807) is 24.3 Å². The van der Waals surface area contributed by atoms with Crippen LogP contribution in [-0.4, -0.2) is 29.1 Å². The van der Waals surface area contributed by atoms with Crippen LogP contribution in [0.2, 0.25) is 15.1 Å². The Hall–Kier alpha value is -2.58. The number of ether oxygens (including phenoxy) is 1. The van der Waals surface area contributed by atoms with Crippen LogP contribution in [0.4, 0.5) is 0 Å². The number of nitrogens with one attached hydrogen (secondary N) is 2. The topological polar surface area (TPSA) is 108 Å². The SMILES string of the molecule is COC(C(=O)NCc1c(Cl)c(Cl)cc2cc(C(=O)O)c(=O)[nH]c12)c1ccccc1Cl. The van der Waals surface area contributed by atoms with Gasteiger partial charge in [0.15, 0.2) is 6.10 Å². The number of hydrogen-bond donors (Lipinski definition) is 3. The maximum atomic E-state index is 12.7. The third kappa shape index (κ3) is 4.29. The van der Waals surface area contributed by atoms with Gasteiger partial charge in [0.2, 0.25) is 0 Å². The predicted octanol–water partition coefficient (Wildman–Crippen LogP) is 4.19. The smallest absolute Gasteiger partial charge is 0.341 e. The zero-order valence-corrected chi connectivity index (χ0v) is 17.7. The van der Waals surface area contributed by atoms with Crippen LogP contribution in [0.3, 0.4) is 0 Å². The number of fused-ring (bicyclic) bond motifs is 1. The molecule has 3 aromatic rings. The van der Waals surface area contributed by atoms with Crippen LogP contribution in [0, 0.1) is 0 Å². The molecule has 30 heavy (non-hydrogen) atoms. The van der Waals surface area contributed by atoms with Gasteiger partial charge in [0.1, 0.15) is 5.56 Å². The number of carbonyl (C=O) groups excluding carboxylic acids is 1. The molecule has 10 heteroatoms. The lowest BCUT2D eigenvalue weighted by molar-refractivity contribution is -0.131. The highest BCUT2D eigenvalue weighted by Gasteiger charge is 2.23. The standard InChI is InChI=1S/C20H15Cl3N2O5/c1-30-17(10-4-2-3-5-13(10)21)19(27)24-8-12-15(23)14(22)7-9-6-11(20(28)29)18(26)25-16(9)12/h2-7,17H,8H2,1H3,(H,24,27)(H,25,26)(H,28,29). The summed E-state index contributed by atoms with van der Waals surface area (Å²) in [7, 11) is 1.38. The third-order valence-electron chi connectivity index (χ3n) is 4.46. The van der Waals surface area contributed by atoms with E-state index in [1.165, 1.54) is 19.2 Å². The fourth-order valence-corrected chi connectivity index (χ4v) is 3.70. The Balaban J connectivity index is 1.97. The van der Waals surface area contributed by atoms with E-state index in [0.717, 1.165) is 0 Å². The van der Waals surface area contributed by atoms with Gasteiger partial charge >= 0.3 is 5.97 Å². The van der Waals surface area contributed by atoms with Crippen molar-refractivity contribution in [1.82, 2.24) is 10.3 Å². The maximum Gasteiger partial charge on any atom is 0.341 e. The molecule has 2 aromatic carbocycles. The van der Waals surface area contributed by atoms with Crippen molar-refractivity contribution in [2.75, 3.05) is 7.11 Å². The normalized spacial score (nSPS) is 12.0. The van der Waals surface area contributed by atoms with E-state index < -0.39 is 29.1 Å². The number of carboxylic acid groups (broad SMARTS) is 1. The van der Waals surface area contributed by atoms with Crippen LogP contribution in [0.15, 0.2) is 41.2 Å². The molecule has 0 aliphatic heterocycles. The molecule has 0 radical (unpaired) electrons. The molecular weight excluding hydrogens is 455 g/mol. The fourth-order valence-electron chi connectivity index (χ4n) is 3.02. The predicted molar refractivity (Wildman–Crippen MR) is 115 cm³/mol. The minimum atomic E-state index is -1.37. The van der Waals surface area contributed by atoms with Gasteiger partial charge in [-0.25, -0.2) is 4.79 Å². The summed E-state index contributed by atoms with van der Waals surface area (Å²) in [4.78, 5) is 38.6. The van der Waals surface area contributed by atoms with Crippen molar-refractivity contribution in [3.05, 3.63) is 78.5 Å². The van der Waals surface area contributed by atoms with Crippen molar-refractivity contribution in [2.24, 2.45) is 0 Å². The molecule has 1 unspecified atom stereocenters. The van der Waals surface area contributed by atoms with Gasteiger partial charge in [0.25, 0.3) is 11.5 Å². The van der Waals surface area contributed by atoms with Gasteiger partial charge in [0.05, 0.1) is 15.6 Å². The van der Waals surface area contributed by atoms with Gasteiger partial charge in [-0.05, 0) is 18.2 Å². The number of pyridine rings is 1. The molecular formula is C20H15Cl3N2O5. The first-order valence-electron chi connectivity index (χ1n) is 8.56. The van der Waals surface area contributed by atoms with Crippen LogP contribution in [0.1, 0.15) is 27.6 Å². The van der Waals surface area contributed by atoms with Crippen molar-refractivity contribution in [2.45, 2.75) is 12.6 Å². The second-order valence-corrected chi connectivity index (χ2v) is 7.48. The van der Waals surface area contributed by atoms with Crippen molar-refractivity contribution in [3.8, 4) is 0 Å². The summed E-state index contributed by atoms with van der Waals surface area (Å²) in [5, 5.41) is 12.8. The minimum Gasteiger partial charge on any atom is -0.477 e. The number of aromatic carboxylic acids is 1. The van der Waals surface area contributed by atoms with Crippen molar-refractivity contribution >= 4 is 57.6 Å². The average molecular weight is 470 g/mol. The summed E-state index contributed by atoms with van der Waals surface area (Å²) >= 11 is 18.6. The molecule has 0 spiro atoms. The van der Waals surface area contributed by atoms with Crippen molar-refractivity contribution < 1.29 is 19.4 Å². The first-order chi connectivity index (χ1) is 14.2. The monoisotopic (exact) mass is 468 g/mol. The van der Waals surface area contributed by atoms with Gasteiger partial charge < -0.3 is 20.1 Å². The van der Waals surface area contributed by atoms with E-state index in [9.17, 15) is 14.4 Å². The first kappa shape index (κ1) is 22.1. The molecule has 7 nitrogen and oxygen atoms in total. The number of rotatable bonds is 6. The van der Waals surface area contributed by atoms with Gasteiger partial charge in [-0.1, -0.05) is 53.0 Å². The lowest BCUT2D eigenvalue weighted by Crippen LogP contribution is -2.30. The van der Waals surface area contributed by atoms with Gasteiger partial charge in [-0.3, -0.25) is 9.59 Å². The van der Waals surface area contributed by atoms with E-state index in [0.29, 0.717) is 21.5 Å². The average Bonchev–Trinajstić information content (AvgIpc) is 2.70. The van der Waals surface area contributed by atoms with Crippen molar-refractivity contribution in [1.29, 1.82) is 0 Å². The quantitative estimate of drug-likeness (QED) is 0.502. The highest BCUT2D eigenvalue weighted by Crippen LogP contribution is 2.32. The highest BCUT2D eigenvalue weighted by atomic mass is 35.5. The number of aromatic amines is 1. The summed E-state index contributed by atoms with van der Waals surface area (Å²) in [6, 6.07) is 9.41. The molecule has 1 heterocycles. The van der Waals surface area contributed by atoms with E-state index in [1.807, 2.05) is 0 Å². The lowest BCUT2D eigenvalue weighted by atomic mass is 10.1. The number of carbonyl (C=O) groups is 2. The fraction of sp³-hybridized carbons (Fsp3) is 0.150. The molecule has 3 N–H and O–H groups in total. The number of halogens is 3. The number of methoxy groups -OCH3 is 1. The second kappa shape index (κ2) is 9.06. The molecule has 156 valence electrons. The van der Waals surface area contributed by atoms with Crippen LogP contribution < -0.4 is 10.9 Å². The van der Waals surface area contributed by atoms with Crippen LogP contribution in [-0.2, 0) is 16.1 Å². The van der Waals surface area contributed by atoms with E-state index in [4.69, 9.17) is 44.6 Å². The molecule has 0 aliphatic rings. The zero-order chi connectivity index (χ0) is 22.0. The van der Waals surface area contributed by atoms with Gasteiger partial charge in [0, 0.05) is 35.2 Å². The Bertz CT molecular complexity index is 1210. The first-order valence-corrected chi connectivity index (χ1v) is 9.70. The third-order valence-corrected chi connectivity index (χ3v) is 5.63. The second-order valence-electron chi connectivity index (χ2n) is 6.29. The van der Waals surface area contributed by atoms with E-state index >= 15 is 0 Å². The van der Waals surface area contributed by atoms with Gasteiger partial charge in [-0.2, -0.15) is 0 Å². The van der Waals surface area contributed by atoms with Crippen LogP contribution in [0.25, 0.3) is 10.9 Å². The largest absolute Gasteiger partial charge is 0.477 e. The lowest BCUT2D eigenvalue weighted by Gasteiger charge is -2.18. The molecule has 3 rings (SSSR count). The molecule has 1 atom stereocenters. The number of benzene rings is 2. The Morgan fingerprint density at radius 2 is 1.87 bits per heavy atom. The molecule has 0 saturated heterocycles. The minimum absolute atomic E-state index is 0.0958. The van der Waals surface area contributed by atoms with Crippen molar-refractivity contribution in [3.63, 3.8) is 0 Å². The molecule has 0 saturated carbocycles.